The molecule has 146 valence electrons. The van der Waals surface area contributed by atoms with Crippen LogP contribution in [-0.2, 0) is 16.0 Å². The van der Waals surface area contributed by atoms with E-state index in [2.05, 4.69) is 33.0 Å². The van der Waals surface area contributed by atoms with Crippen molar-refractivity contribution in [2.45, 2.75) is 37.4 Å². The van der Waals surface area contributed by atoms with Crippen molar-refractivity contribution in [2.24, 2.45) is 0 Å². The van der Waals surface area contributed by atoms with Gasteiger partial charge in [-0.2, -0.15) is 0 Å². The second kappa shape index (κ2) is 6.20. The Hall–Kier alpha value is -2.60. The van der Waals surface area contributed by atoms with Crippen LogP contribution in [0.15, 0.2) is 53.0 Å². The lowest BCUT2D eigenvalue weighted by Crippen LogP contribution is -2.63. The Morgan fingerprint density at radius 3 is 2.66 bits per heavy atom. The molecule has 3 heterocycles. The number of piperazine rings is 1. The number of benzene rings is 2. The number of H-pyrrole nitrogens is 1. The van der Waals surface area contributed by atoms with Gasteiger partial charge in [-0.3, -0.25) is 9.59 Å². The SMILES string of the molecule is O=C1C2Cc3c([nH]c4ccccc34)C(c3cccc(Br)c3)N2C(=O)CN1C1CC1. The average Bonchev–Trinajstić information content (AvgIpc) is 3.50. The van der Waals surface area contributed by atoms with Gasteiger partial charge in [-0.15, -0.1) is 0 Å². The number of aromatic nitrogens is 1. The molecule has 2 aliphatic heterocycles. The van der Waals surface area contributed by atoms with Crippen LogP contribution in [0.1, 0.15) is 35.7 Å². The van der Waals surface area contributed by atoms with Crippen LogP contribution in [0.4, 0.5) is 0 Å². The fraction of sp³-hybridized carbons (Fsp3) is 0.304. The molecule has 2 unspecified atom stereocenters. The molecule has 0 spiro atoms. The first-order valence-corrected chi connectivity index (χ1v) is 10.9. The van der Waals surface area contributed by atoms with Crippen molar-refractivity contribution < 1.29 is 9.59 Å². The first-order chi connectivity index (χ1) is 14.1. The highest BCUT2D eigenvalue weighted by molar-refractivity contribution is 9.10. The van der Waals surface area contributed by atoms with Gasteiger partial charge in [-0.25, -0.2) is 0 Å². The maximum absolute atomic E-state index is 13.4. The molecule has 5 nitrogen and oxygen atoms in total. The van der Waals surface area contributed by atoms with Crippen LogP contribution in [0.25, 0.3) is 10.9 Å². The van der Waals surface area contributed by atoms with Crippen LogP contribution in [0, 0.1) is 0 Å². The number of amides is 2. The molecule has 1 aromatic heterocycles. The van der Waals surface area contributed by atoms with Crippen molar-refractivity contribution >= 4 is 38.6 Å². The smallest absolute Gasteiger partial charge is 0.246 e. The zero-order chi connectivity index (χ0) is 19.7. The molecule has 0 bridgehead atoms. The van der Waals surface area contributed by atoms with Crippen molar-refractivity contribution in [3.8, 4) is 0 Å². The summed E-state index contributed by atoms with van der Waals surface area (Å²) in [5.74, 6) is 0.138. The summed E-state index contributed by atoms with van der Waals surface area (Å²) < 4.78 is 0.963. The van der Waals surface area contributed by atoms with Gasteiger partial charge in [0.25, 0.3) is 0 Å². The number of para-hydroxylation sites is 1. The van der Waals surface area contributed by atoms with Crippen molar-refractivity contribution in [1.29, 1.82) is 0 Å². The van der Waals surface area contributed by atoms with E-state index in [0.29, 0.717) is 6.42 Å². The van der Waals surface area contributed by atoms with Crippen molar-refractivity contribution in [3.63, 3.8) is 0 Å². The number of nitrogens with zero attached hydrogens (tertiary/aromatic N) is 2. The molecule has 1 saturated heterocycles. The molecule has 2 amide bonds. The average molecular weight is 450 g/mol. The van der Waals surface area contributed by atoms with Crippen molar-refractivity contribution in [2.75, 3.05) is 6.54 Å². The Morgan fingerprint density at radius 2 is 1.86 bits per heavy atom. The molecule has 3 aromatic rings. The molecule has 0 radical (unpaired) electrons. The number of nitrogens with one attached hydrogen (secondary N) is 1. The van der Waals surface area contributed by atoms with Gasteiger partial charge in [0.1, 0.15) is 12.6 Å². The third-order valence-corrected chi connectivity index (χ3v) is 6.94. The number of carbonyl (C=O) groups is 2. The first-order valence-electron chi connectivity index (χ1n) is 10.1. The number of aromatic amines is 1. The summed E-state index contributed by atoms with van der Waals surface area (Å²) in [6.45, 7) is 0.195. The minimum Gasteiger partial charge on any atom is -0.356 e. The Balaban J connectivity index is 1.56. The van der Waals surface area contributed by atoms with Gasteiger partial charge in [0.05, 0.1) is 6.04 Å². The van der Waals surface area contributed by atoms with E-state index in [1.807, 2.05) is 46.2 Å². The maximum atomic E-state index is 13.4. The normalized spacial score (nSPS) is 24.0. The quantitative estimate of drug-likeness (QED) is 0.646. The second-order valence-corrected chi connectivity index (χ2v) is 9.15. The summed E-state index contributed by atoms with van der Waals surface area (Å²) >= 11 is 3.57. The molecule has 3 aliphatic rings. The summed E-state index contributed by atoms with van der Waals surface area (Å²) in [4.78, 5) is 33.9. The maximum Gasteiger partial charge on any atom is 0.246 e. The number of fused-ring (bicyclic) bond motifs is 4. The van der Waals surface area contributed by atoms with Gasteiger partial charge in [0.2, 0.25) is 11.8 Å². The largest absolute Gasteiger partial charge is 0.356 e. The Bertz CT molecular complexity index is 1170. The van der Waals surface area contributed by atoms with Crippen LogP contribution >= 0.6 is 15.9 Å². The summed E-state index contributed by atoms with van der Waals surface area (Å²) in [5, 5.41) is 1.14. The zero-order valence-corrected chi connectivity index (χ0v) is 17.4. The van der Waals surface area contributed by atoms with E-state index in [0.717, 1.165) is 45.0 Å². The van der Waals surface area contributed by atoms with Gasteiger partial charge in [0, 0.05) is 33.5 Å². The van der Waals surface area contributed by atoms with Crippen LogP contribution in [0.3, 0.4) is 0 Å². The molecule has 6 rings (SSSR count). The third-order valence-electron chi connectivity index (χ3n) is 6.45. The van der Waals surface area contributed by atoms with Crippen LogP contribution in [-0.4, -0.2) is 45.2 Å². The van der Waals surface area contributed by atoms with E-state index in [1.165, 1.54) is 0 Å². The molecule has 2 fully saturated rings. The van der Waals surface area contributed by atoms with Gasteiger partial charge in [-0.1, -0.05) is 46.3 Å². The number of halogens is 1. The molecule has 1 N–H and O–H groups in total. The van der Waals surface area contributed by atoms with E-state index >= 15 is 0 Å². The molecule has 1 aliphatic carbocycles. The molecule has 29 heavy (non-hydrogen) atoms. The topological polar surface area (TPSA) is 56.4 Å². The summed E-state index contributed by atoms with van der Waals surface area (Å²) in [5.41, 5.74) is 4.25. The number of carbonyl (C=O) groups excluding carboxylic acids is 2. The van der Waals surface area contributed by atoms with E-state index in [-0.39, 0.29) is 30.4 Å². The fourth-order valence-electron chi connectivity index (χ4n) is 5.00. The van der Waals surface area contributed by atoms with Crippen molar-refractivity contribution in [3.05, 3.63) is 69.8 Å². The number of hydrogen-bond acceptors (Lipinski definition) is 2. The monoisotopic (exact) mass is 449 g/mol. The minimum absolute atomic E-state index is 0.0378. The van der Waals surface area contributed by atoms with Gasteiger partial charge < -0.3 is 14.8 Å². The molecular formula is C23H20BrN3O2. The molecule has 2 atom stereocenters. The van der Waals surface area contributed by atoms with Gasteiger partial charge in [-0.05, 0) is 42.2 Å². The van der Waals surface area contributed by atoms with E-state index < -0.39 is 6.04 Å². The van der Waals surface area contributed by atoms with E-state index in [4.69, 9.17) is 0 Å². The summed E-state index contributed by atoms with van der Waals surface area (Å²) in [6.07, 6.45) is 2.59. The minimum atomic E-state index is -0.437. The molecule has 1 saturated carbocycles. The Labute approximate surface area is 176 Å². The van der Waals surface area contributed by atoms with E-state index in [1.54, 1.807) is 0 Å². The first kappa shape index (κ1) is 17.3. The van der Waals surface area contributed by atoms with Crippen LogP contribution in [0.2, 0.25) is 0 Å². The molecular weight excluding hydrogens is 430 g/mol. The van der Waals surface area contributed by atoms with Gasteiger partial charge in [0.15, 0.2) is 0 Å². The van der Waals surface area contributed by atoms with E-state index in [9.17, 15) is 9.59 Å². The van der Waals surface area contributed by atoms with Crippen LogP contribution < -0.4 is 0 Å². The highest BCUT2D eigenvalue weighted by atomic mass is 79.9. The summed E-state index contributed by atoms with van der Waals surface area (Å²) in [7, 11) is 0. The lowest BCUT2D eigenvalue weighted by atomic mass is 9.86. The van der Waals surface area contributed by atoms with Gasteiger partial charge >= 0.3 is 0 Å². The molecule has 6 heteroatoms. The predicted molar refractivity (Wildman–Crippen MR) is 113 cm³/mol. The Morgan fingerprint density at radius 1 is 1.03 bits per heavy atom. The summed E-state index contributed by atoms with van der Waals surface area (Å²) in [6, 6.07) is 15.8. The number of hydrogen-bond donors (Lipinski definition) is 1. The van der Waals surface area contributed by atoms with Crippen molar-refractivity contribution in [1.82, 2.24) is 14.8 Å². The lowest BCUT2D eigenvalue weighted by Gasteiger charge is -2.47. The van der Waals surface area contributed by atoms with Crippen LogP contribution in [0.5, 0.6) is 0 Å². The highest BCUT2D eigenvalue weighted by Gasteiger charge is 2.50. The fourth-order valence-corrected chi connectivity index (χ4v) is 5.42. The molecule has 2 aromatic carbocycles. The standard InChI is InChI=1S/C23H20BrN3O2/c24-14-5-3-4-13(10-14)22-21-17(16-6-1-2-7-18(16)25-21)11-19-23(29)26(15-8-9-15)12-20(28)27(19)22/h1-7,10,15,19,22,25H,8-9,11-12H2. The zero-order valence-electron chi connectivity index (χ0n) is 15.8. The Kier molecular flexibility index (Phi) is 3.69. The highest BCUT2D eigenvalue weighted by Crippen LogP contribution is 2.44. The second-order valence-electron chi connectivity index (χ2n) is 8.24. The lowest BCUT2D eigenvalue weighted by molar-refractivity contribution is -0.159. The predicted octanol–water partition coefficient (Wildman–Crippen LogP) is 3.78. The number of rotatable bonds is 2. The third kappa shape index (κ3) is 2.58.